The summed E-state index contributed by atoms with van der Waals surface area (Å²) in [5.41, 5.74) is 11.2. The Balaban J connectivity index is 1.74. The van der Waals surface area contributed by atoms with Crippen molar-refractivity contribution < 1.29 is 34.8 Å². The molecular formula is C30H33N3O7. The summed E-state index contributed by atoms with van der Waals surface area (Å²) in [6.45, 7) is 1.65. The summed E-state index contributed by atoms with van der Waals surface area (Å²) >= 11 is 0. The average Bonchev–Trinajstić information content (AvgIpc) is 2.91. The number of benzene rings is 2. The molecule has 2 aromatic carbocycles. The molecule has 0 heterocycles. The van der Waals surface area contributed by atoms with Gasteiger partial charge in [0, 0.05) is 49.3 Å². The smallest absolute Gasteiger partial charge is 0.255 e. The van der Waals surface area contributed by atoms with Gasteiger partial charge in [-0.15, -0.1) is 0 Å². The van der Waals surface area contributed by atoms with Gasteiger partial charge in [-0.25, -0.2) is 0 Å². The first-order chi connectivity index (χ1) is 18.9. The highest BCUT2D eigenvalue weighted by Crippen LogP contribution is 2.55. The summed E-state index contributed by atoms with van der Waals surface area (Å²) in [6.07, 6.45) is 0.482. The van der Waals surface area contributed by atoms with Crippen LogP contribution in [-0.4, -0.2) is 57.6 Å². The summed E-state index contributed by atoms with van der Waals surface area (Å²) in [7, 11) is 3.85. The number of primary amides is 1. The van der Waals surface area contributed by atoms with Crippen LogP contribution in [0.15, 0.2) is 47.2 Å². The van der Waals surface area contributed by atoms with Crippen molar-refractivity contribution in [3.8, 4) is 16.9 Å². The minimum absolute atomic E-state index is 0.0359. The number of carbonyl (C=O) groups excluding carboxylic acids is 3. The molecule has 2 aromatic rings. The number of ketones is 2. The molecule has 4 atom stereocenters. The molecular weight excluding hydrogens is 514 g/mol. The van der Waals surface area contributed by atoms with Gasteiger partial charge in [-0.1, -0.05) is 19.1 Å². The van der Waals surface area contributed by atoms with E-state index in [1.165, 1.54) is 0 Å². The first kappa shape index (κ1) is 27.4. The molecule has 210 valence electrons. The van der Waals surface area contributed by atoms with E-state index in [9.17, 15) is 34.8 Å². The number of nitrogens with zero attached hydrogens (tertiary/aromatic N) is 1. The fourth-order valence-electron chi connectivity index (χ4n) is 6.73. The van der Waals surface area contributed by atoms with Crippen LogP contribution in [0.25, 0.3) is 16.9 Å². The van der Waals surface area contributed by atoms with Gasteiger partial charge in [0.25, 0.3) is 5.91 Å². The van der Waals surface area contributed by atoms with Crippen LogP contribution in [-0.2, 0) is 27.3 Å². The minimum Gasteiger partial charge on any atom is -0.508 e. The Hall–Kier alpha value is -4.15. The molecule has 10 heteroatoms. The van der Waals surface area contributed by atoms with Gasteiger partial charge in [0.15, 0.2) is 11.4 Å². The van der Waals surface area contributed by atoms with Gasteiger partial charge in [0.1, 0.15) is 22.8 Å². The molecule has 0 aliphatic heterocycles. The number of aliphatic hydroxyl groups excluding tert-OH is 2. The van der Waals surface area contributed by atoms with Gasteiger partial charge < -0.3 is 36.8 Å². The Bertz CT molecular complexity index is 1520. The second kappa shape index (κ2) is 9.50. The number of anilines is 1. The molecule has 0 bridgehead atoms. The van der Waals surface area contributed by atoms with Crippen LogP contribution < -0.4 is 16.4 Å². The lowest BCUT2D eigenvalue weighted by molar-refractivity contribution is -0.153. The summed E-state index contributed by atoms with van der Waals surface area (Å²) in [5, 5.41) is 45.3. The van der Waals surface area contributed by atoms with E-state index in [1.807, 2.05) is 43.3 Å². The van der Waals surface area contributed by atoms with Crippen LogP contribution in [0.3, 0.4) is 0 Å². The maximum atomic E-state index is 14.0. The summed E-state index contributed by atoms with van der Waals surface area (Å²) in [4.78, 5) is 41.1. The van der Waals surface area contributed by atoms with E-state index < -0.39 is 57.9 Å². The molecule has 0 aromatic heterocycles. The number of hydrogen-bond acceptors (Lipinski definition) is 9. The number of Topliss-reactive ketones (excluding diaryl/α,β-unsaturated/α-hetero) is 2. The lowest BCUT2D eigenvalue weighted by Gasteiger charge is -2.49. The first-order valence-corrected chi connectivity index (χ1v) is 13.2. The third-order valence-corrected chi connectivity index (χ3v) is 8.77. The second-order valence-electron chi connectivity index (χ2n) is 11.0. The standard InChI is InChI=1S/C30H33N3O7/c1-4-17-20-11-14-9-19-18(13-5-7-16(8-6-13)33(2)3)10-15(12-31)24(34)22(19)26(36)21(14)27(37)30(20,40)28(38)23(25(17)35)29(32)39/h5-8,10,14,17,20,34,36,38,40H,4,9,11-12,31H2,1-3H3,(H2,32,39)/t14?,17-,20+,30+/m1/s1. The van der Waals surface area contributed by atoms with Crippen molar-refractivity contribution in [3.05, 3.63) is 63.9 Å². The van der Waals surface area contributed by atoms with Crippen molar-refractivity contribution in [2.24, 2.45) is 29.2 Å². The fourth-order valence-corrected chi connectivity index (χ4v) is 6.73. The monoisotopic (exact) mass is 547 g/mol. The molecule has 1 unspecified atom stereocenters. The predicted octanol–water partition coefficient (Wildman–Crippen LogP) is 2.25. The van der Waals surface area contributed by atoms with Crippen LogP contribution in [0.4, 0.5) is 5.69 Å². The molecule has 1 amide bonds. The molecule has 5 rings (SSSR count). The van der Waals surface area contributed by atoms with Crippen LogP contribution in [0.1, 0.15) is 36.5 Å². The molecule has 0 saturated heterocycles. The number of phenolic OH excluding ortho intramolecular Hbond substituents is 1. The Kier molecular flexibility index (Phi) is 6.51. The maximum Gasteiger partial charge on any atom is 0.255 e. The number of aliphatic hydroxyl groups is 3. The van der Waals surface area contributed by atoms with Gasteiger partial charge >= 0.3 is 0 Å². The molecule has 3 aliphatic rings. The molecule has 1 fully saturated rings. The normalized spacial score (nSPS) is 25.9. The van der Waals surface area contributed by atoms with Crippen LogP contribution in [0.5, 0.6) is 5.75 Å². The molecule has 40 heavy (non-hydrogen) atoms. The lowest BCUT2D eigenvalue weighted by Crippen LogP contribution is -2.61. The summed E-state index contributed by atoms with van der Waals surface area (Å²) in [6, 6.07) is 9.49. The van der Waals surface area contributed by atoms with E-state index in [4.69, 9.17) is 11.5 Å². The zero-order chi connectivity index (χ0) is 29.3. The van der Waals surface area contributed by atoms with Crippen molar-refractivity contribution in [2.45, 2.75) is 38.3 Å². The fraction of sp³-hybridized carbons (Fsp3) is 0.367. The van der Waals surface area contributed by atoms with Gasteiger partial charge in [-0.05, 0) is 60.1 Å². The number of carbonyl (C=O) groups is 3. The third-order valence-electron chi connectivity index (χ3n) is 8.77. The molecule has 0 spiro atoms. The van der Waals surface area contributed by atoms with Crippen molar-refractivity contribution in [2.75, 3.05) is 19.0 Å². The number of amides is 1. The topological polar surface area (TPSA) is 187 Å². The lowest BCUT2D eigenvalue weighted by atomic mass is 9.55. The second-order valence-corrected chi connectivity index (χ2v) is 11.0. The highest BCUT2D eigenvalue weighted by atomic mass is 16.3. The van der Waals surface area contributed by atoms with Crippen molar-refractivity contribution >= 4 is 28.9 Å². The van der Waals surface area contributed by atoms with Crippen LogP contribution in [0.2, 0.25) is 0 Å². The predicted molar refractivity (Wildman–Crippen MR) is 148 cm³/mol. The van der Waals surface area contributed by atoms with E-state index in [0.29, 0.717) is 11.1 Å². The van der Waals surface area contributed by atoms with Gasteiger partial charge in [0.2, 0.25) is 5.78 Å². The van der Waals surface area contributed by atoms with Crippen molar-refractivity contribution in [3.63, 3.8) is 0 Å². The van der Waals surface area contributed by atoms with E-state index >= 15 is 0 Å². The van der Waals surface area contributed by atoms with E-state index in [2.05, 4.69) is 0 Å². The van der Waals surface area contributed by atoms with Gasteiger partial charge in [0.05, 0.1) is 5.56 Å². The van der Waals surface area contributed by atoms with E-state index in [-0.39, 0.29) is 42.7 Å². The largest absolute Gasteiger partial charge is 0.508 e. The third kappa shape index (κ3) is 3.66. The van der Waals surface area contributed by atoms with Crippen LogP contribution in [0, 0.1) is 17.8 Å². The summed E-state index contributed by atoms with van der Waals surface area (Å²) < 4.78 is 0. The zero-order valence-electron chi connectivity index (χ0n) is 22.6. The molecule has 10 nitrogen and oxygen atoms in total. The Labute approximate surface area is 231 Å². The average molecular weight is 548 g/mol. The SMILES string of the molecule is CC[C@H]1C(=O)C(C(N)=O)=C(O)[C@@]2(O)C(=O)C3=C(O)c4c(O)c(CN)cc(-c5ccc(N(C)C)cc5)c4CC3C[C@@H]12. The first-order valence-electron chi connectivity index (χ1n) is 13.2. The number of phenols is 1. The zero-order valence-corrected chi connectivity index (χ0v) is 22.6. The van der Waals surface area contributed by atoms with Gasteiger partial charge in [-0.2, -0.15) is 0 Å². The highest BCUT2D eigenvalue weighted by molar-refractivity contribution is 6.23. The Morgan fingerprint density at radius 3 is 2.33 bits per heavy atom. The summed E-state index contributed by atoms with van der Waals surface area (Å²) in [5.74, 6) is -7.48. The van der Waals surface area contributed by atoms with Crippen molar-refractivity contribution in [1.29, 1.82) is 0 Å². The number of rotatable bonds is 5. The molecule has 0 radical (unpaired) electrons. The number of hydrogen-bond donors (Lipinski definition) is 6. The Morgan fingerprint density at radius 2 is 1.77 bits per heavy atom. The van der Waals surface area contributed by atoms with Gasteiger partial charge in [-0.3, -0.25) is 14.4 Å². The van der Waals surface area contributed by atoms with E-state index in [0.717, 1.165) is 16.8 Å². The highest BCUT2D eigenvalue weighted by Gasteiger charge is 2.63. The Morgan fingerprint density at radius 1 is 1.12 bits per heavy atom. The maximum absolute atomic E-state index is 14.0. The molecule has 3 aliphatic carbocycles. The number of nitrogens with two attached hydrogens (primary N) is 2. The number of fused-ring (bicyclic) bond motifs is 3. The molecule has 8 N–H and O–H groups in total. The van der Waals surface area contributed by atoms with E-state index in [1.54, 1.807) is 13.0 Å². The quantitative estimate of drug-likeness (QED) is 0.305. The van der Waals surface area contributed by atoms with Crippen LogP contribution >= 0.6 is 0 Å². The number of aromatic hydroxyl groups is 1. The molecule has 1 saturated carbocycles. The minimum atomic E-state index is -2.62. The van der Waals surface area contributed by atoms with Crippen molar-refractivity contribution in [1.82, 2.24) is 0 Å².